The molecule has 0 spiro atoms. The van der Waals surface area contributed by atoms with Gasteiger partial charge in [-0.3, -0.25) is 4.68 Å². The maximum atomic E-state index is 12.3. The Morgan fingerprint density at radius 3 is 2.88 bits per heavy atom. The highest BCUT2D eigenvalue weighted by molar-refractivity contribution is 6.17. The molecule has 1 atom stereocenters. The Hall–Kier alpha value is -0.710. The molecule has 0 N–H and O–H groups in total. The Labute approximate surface area is 96.4 Å². The third-order valence-corrected chi connectivity index (χ3v) is 3.22. The Bertz CT molecular complexity index is 359. The average molecular weight is 253 g/mol. The highest BCUT2D eigenvalue weighted by atomic mass is 35.5. The third kappa shape index (κ3) is 2.51. The van der Waals surface area contributed by atoms with E-state index in [1.165, 1.54) is 0 Å². The fourth-order valence-electron chi connectivity index (χ4n) is 2.17. The first-order chi connectivity index (χ1) is 7.49. The molecule has 1 aromatic heterocycles. The van der Waals surface area contributed by atoms with Gasteiger partial charge in [-0.05, 0) is 18.8 Å². The van der Waals surface area contributed by atoms with Crippen LogP contribution in [0.5, 0.6) is 0 Å². The van der Waals surface area contributed by atoms with Crippen LogP contribution >= 0.6 is 11.6 Å². The van der Waals surface area contributed by atoms with Crippen molar-refractivity contribution in [1.29, 1.82) is 0 Å². The molecule has 0 radical (unpaired) electrons. The fraction of sp³-hybridized carbons (Fsp3) is 0.700. The first-order valence-corrected chi connectivity index (χ1v) is 5.69. The maximum absolute atomic E-state index is 12.3. The van der Waals surface area contributed by atoms with Crippen molar-refractivity contribution in [2.45, 2.75) is 37.9 Å². The van der Waals surface area contributed by atoms with E-state index in [-0.39, 0.29) is 5.92 Å². The van der Waals surface area contributed by atoms with E-state index in [1.54, 1.807) is 10.9 Å². The summed E-state index contributed by atoms with van der Waals surface area (Å²) >= 11 is 5.71. The predicted octanol–water partition coefficient (Wildman–Crippen LogP) is 3.14. The van der Waals surface area contributed by atoms with Crippen molar-refractivity contribution in [3.8, 4) is 0 Å². The van der Waals surface area contributed by atoms with Crippen LogP contribution in [-0.2, 0) is 18.8 Å². The van der Waals surface area contributed by atoms with E-state index in [0.717, 1.165) is 11.3 Å². The van der Waals surface area contributed by atoms with E-state index < -0.39 is 12.6 Å². The van der Waals surface area contributed by atoms with E-state index in [9.17, 15) is 13.2 Å². The van der Waals surface area contributed by atoms with Crippen molar-refractivity contribution in [1.82, 2.24) is 9.78 Å². The first-order valence-electron chi connectivity index (χ1n) is 5.16. The second kappa shape index (κ2) is 4.28. The molecule has 1 aliphatic heterocycles. The van der Waals surface area contributed by atoms with Crippen LogP contribution in [0.2, 0.25) is 0 Å². The van der Waals surface area contributed by atoms with Crippen LogP contribution in [0.4, 0.5) is 13.2 Å². The molecule has 6 heteroatoms. The largest absolute Gasteiger partial charge is 0.389 e. The van der Waals surface area contributed by atoms with Gasteiger partial charge in [-0.25, -0.2) is 0 Å². The Morgan fingerprint density at radius 1 is 1.50 bits per heavy atom. The summed E-state index contributed by atoms with van der Waals surface area (Å²) in [5.41, 5.74) is 1.73. The molecule has 1 aromatic rings. The molecule has 1 unspecified atom stereocenters. The van der Waals surface area contributed by atoms with Gasteiger partial charge in [-0.15, -0.1) is 11.6 Å². The molecule has 0 fully saturated rings. The monoisotopic (exact) mass is 252 g/mol. The molecule has 90 valence electrons. The van der Waals surface area contributed by atoms with Crippen LogP contribution in [0.25, 0.3) is 0 Å². The quantitative estimate of drug-likeness (QED) is 0.740. The molecule has 1 aliphatic rings. The minimum Gasteiger partial charge on any atom is -0.269 e. The minimum atomic E-state index is -4.08. The van der Waals surface area contributed by atoms with Crippen molar-refractivity contribution in [2.24, 2.45) is 5.92 Å². The molecule has 0 amide bonds. The number of nitrogens with zero attached hydrogens (tertiary/aromatic N) is 2. The summed E-state index contributed by atoms with van der Waals surface area (Å²) in [5, 5.41) is 4.11. The lowest BCUT2D eigenvalue weighted by Crippen LogP contribution is -2.25. The van der Waals surface area contributed by atoms with Crippen molar-refractivity contribution < 1.29 is 13.2 Å². The van der Waals surface area contributed by atoms with Crippen LogP contribution in [0.15, 0.2) is 6.20 Å². The second-order valence-corrected chi connectivity index (χ2v) is 4.42. The zero-order valence-corrected chi connectivity index (χ0v) is 9.35. The summed E-state index contributed by atoms with van der Waals surface area (Å²) in [6, 6.07) is 0. The van der Waals surface area contributed by atoms with Gasteiger partial charge in [-0.2, -0.15) is 18.3 Å². The molecule has 2 rings (SSSR count). The molecule has 16 heavy (non-hydrogen) atoms. The predicted molar refractivity (Wildman–Crippen MR) is 54.3 cm³/mol. The van der Waals surface area contributed by atoms with Gasteiger partial charge in [0.2, 0.25) is 0 Å². The molecule has 0 saturated carbocycles. The number of fused-ring (bicyclic) bond motifs is 1. The summed E-state index contributed by atoms with van der Waals surface area (Å²) in [5.74, 6) is -0.0141. The normalized spacial score (nSPS) is 20.9. The number of alkyl halides is 4. The van der Waals surface area contributed by atoms with Crippen LogP contribution in [0, 0.1) is 5.92 Å². The third-order valence-electron chi connectivity index (χ3n) is 2.93. The van der Waals surface area contributed by atoms with E-state index in [2.05, 4.69) is 5.10 Å². The molecule has 0 saturated heterocycles. The average Bonchev–Trinajstić information content (AvgIpc) is 2.57. The van der Waals surface area contributed by atoms with Crippen molar-refractivity contribution in [2.75, 3.05) is 0 Å². The van der Waals surface area contributed by atoms with Gasteiger partial charge in [-0.1, -0.05) is 0 Å². The summed E-state index contributed by atoms with van der Waals surface area (Å²) in [4.78, 5) is 0. The summed E-state index contributed by atoms with van der Waals surface area (Å²) in [6.45, 7) is 0.562. The number of aryl methyl sites for hydroxylation is 1. The Morgan fingerprint density at radius 2 is 2.25 bits per heavy atom. The molecule has 2 heterocycles. The molecule has 0 aromatic carbocycles. The van der Waals surface area contributed by atoms with Gasteiger partial charge in [0, 0.05) is 24.2 Å². The molecule has 0 aliphatic carbocycles. The zero-order chi connectivity index (χ0) is 11.8. The molecular weight excluding hydrogens is 241 g/mol. The van der Waals surface area contributed by atoms with Crippen molar-refractivity contribution in [3.05, 3.63) is 17.5 Å². The smallest absolute Gasteiger partial charge is 0.269 e. The lowest BCUT2D eigenvalue weighted by molar-refractivity contribution is -0.145. The van der Waals surface area contributed by atoms with Crippen LogP contribution in [0.3, 0.4) is 0 Å². The zero-order valence-electron chi connectivity index (χ0n) is 8.60. The Balaban J connectivity index is 2.10. The summed E-state index contributed by atoms with van der Waals surface area (Å²) in [7, 11) is 0. The number of hydrogen-bond donors (Lipinski definition) is 0. The minimum absolute atomic E-state index is 0.314. The first kappa shape index (κ1) is 11.8. The Kier molecular flexibility index (Phi) is 3.15. The second-order valence-electron chi connectivity index (χ2n) is 4.15. The lowest BCUT2D eigenvalue weighted by atomic mass is 9.91. The standard InChI is InChI=1S/C10H12ClF3N2/c11-5-8-6-15-16-2-1-7(3-9(8)16)4-10(12,13)14/h6-7H,1-5H2. The SMILES string of the molecule is FC(F)(F)CC1CCn2ncc(CCl)c2C1. The van der Waals surface area contributed by atoms with Gasteiger partial charge in [0.15, 0.2) is 0 Å². The lowest BCUT2D eigenvalue weighted by Gasteiger charge is -2.24. The van der Waals surface area contributed by atoms with E-state index in [1.807, 2.05) is 0 Å². The van der Waals surface area contributed by atoms with E-state index >= 15 is 0 Å². The van der Waals surface area contributed by atoms with Gasteiger partial charge in [0.05, 0.1) is 12.1 Å². The van der Waals surface area contributed by atoms with Gasteiger partial charge in [0.1, 0.15) is 0 Å². The maximum Gasteiger partial charge on any atom is 0.389 e. The van der Waals surface area contributed by atoms with Crippen LogP contribution in [-0.4, -0.2) is 16.0 Å². The van der Waals surface area contributed by atoms with E-state index in [4.69, 9.17) is 11.6 Å². The summed E-state index contributed by atoms with van der Waals surface area (Å²) < 4.78 is 38.6. The van der Waals surface area contributed by atoms with Gasteiger partial charge >= 0.3 is 6.18 Å². The number of halogens is 4. The molecular formula is C10H12ClF3N2. The molecule has 2 nitrogen and oxygen atoms in total. The van der Waals surface area contributed by atoms with Crippen molar-refractivity contribution >= 4 is 11.6 Å². The van der Waals surface area contributed by atoms with E-state index in [0.29, 0.717) is 25.3 Å². The van der Waals surface area contributed by atoms with Crippen LogP contribution < -0.4 is 0 Å². The van der Waals surface area contributed by atoms with Gasteiger partial charge < -0.3 is 0 Å². The van der Waals surface area contributed by atoms with Crippen LogP contribution in [0.1, 0.15) is 24.1 Å². The van der Waals surface area contributed by atoms with Gasteiger partial charge in [0.25, 0.3) is 0 Å². The number of rotatable bonds is 2. The fourth-order valence-corrected chi connectivity index (χ4v) is 2.40. The summed E-state index contributed by atoms with van der Waals surface area (Å²) in [6.07, 6.45) is -2.16. The number of hydrogen-bond acceptors (Lipinski definition) is 1. The number of aromatic nitrogens is 2. The highest BCUT2D eigenvalue weighted by Gasteiger charge is 2.34. The topological polar surface area (TPSA) is 17.8 Å². The highest BCUT2D eigenvalue weighted by Crippen LogP contribution is 2.32. The van der Waals surface area contributed by atoms with Crippen molar-refractivity contribution in [3.63, 3.8) is 0 Å². The molecule has 0 bridgehead atoms.